The summed E-state index contributed by atoms with van der Waals surface area (Å²) in [6, 6.07) is 4.76. The van der Waals surface area contributed by atoms with Gasteiger partial charge in [-0.1, -0.05) is 24.1 Å². The Labute approximate surface area is 156 Å². The second-order valence-electron chi connectivity index (χ2n) is 7.23. The highest BCUT2D eigenvalue weighted by molar-refractivity contribution is 5.84. The minimum Gasteiger partial charge on any atom is -0.480 e. The van der Waals surface area contributed by atoms with Gasteiger partial charge in [-0.2, -0.15) is 4.98 Å². The molecule has 1 saturated heterocycles. The number of hydrogen-bond donors (Lipinski definition) is 1. The molecule has 0 unspecified atom stereocenters. The molecular weight excluding hydrogens is 348 g/mol. The first-order valence-corrected chi connectivity index (χ1v) is 9.41. The molecule has 3 heterocycles. The Morgan fingerprint density at radius 3 is 2.89 bits per heavy atom. The number of aryl methyl sites for hydroxylation is 1. The molecule has 2 aliphatic rings. The van der Waals surface area contributed by atoms with E-state index in [1.165, 1.54) is 0 Å². The number of nitrogens with zero attached hydrogens (tertiary/aromatic N) is 4. The first-order chi connectivity index (χ1) is 13.1. The number of amides is 1. The maximum absolute atomic E-state index is 12.8. The van der Waals surface area contributed by atoms with Crippen LogP contribution in [0.3, 0.4) is 0 Å². The molecule has 8 nitrogen and oxygen atoms in total. The number of pyridine rings is 1. The van der Waals surface area contributed by atoms with Crippen molar-refractivity contribution in [3.63, 3.8) is 0 Å². The van der Waals surface area contributed by atoms with Crippen LogP contribution in [0.1, 0.15) is 44.4 Å². The predicted octanol–water partition coefficient (Wildman–Crippen LogP) is 2.31. The van der Waals surface area contributed by atoms with E-state index in [4.69, 9.17) is 4.52 Å². The van der Waals surface area contributed by atoms with E-state index in [0.717, 1.165) is 25.7 Å². The number of carboxylic acid groups (broad SMARTS) is 1. The van der Waals surface area contributed by atoms with Gasteiger partial charge in [0.15, 0.2) is 0 Å². The predicted molar refractivity (Wildman–Crippen MR) is 94.5 cm³/mol. The molecule has 2 aromatic heterocycles. The van der Waals surface area contributed by atoms with E-state index in [1.54, 1.807) is 23.2 Å². The van der Waals surface area contributed by atoms with Crippen LogP contribution in [0, 0.1) is 5.92 Å². The van der Waals surface area contributed by atoms with Crippen molar-refractivity contribution < 1.29 is 19.2 Å². The van der Waals surface area contributed by atoms with Gasteiger partial charge < -0.3 is 14.5 Å². The summed E-state index contributed by atoms with van der Waals surface area (Å²) in [4.78, 5) is 34.5. The Balaban J connectivity index is 1.42. The van der Waals surface area contributed by atoms with Crippen molar-refractivity contribution in [2.45, 2.75) is 57.0 Å². The molecule has 0 spiro atoms. The SMILES string of the molecule is O=C(O)[C@@H]1C[C@@H]2CCCC[C@H]2N1C(=O)CCc1nc(-c2ccccn2)no1. The number of hydrogen-bond acceptors (Lipinski definition) is 6. The molecule has 1 saturated carbocycles. The van der Waals surface area contributed by atoms with E-state index in [-0.39, 0.29) is 18.4 Å². The maximum atomic E-state index is 12.8. The zero-order valence-electron chi connectivity index (χ0n) is 15.0. The second kappa shape index (κ2) is 7.46. The van der Waals surface area contributed by atoms with E-state index in [9.17, 15) is 14.7 Å². The molecule has 0 aromatic carbocycles. The molecule has 8 heteroatoms. The topological polar surface area (TPSA) is 109 Å². The molecular formula is C19H22N4O4. The fourth-order valence-corrected chi connectivity index (χ4v) is 4.34. The minimum absolute atomic E-state index is 0.0547. The first-order valence-electron chi connectivity index (χ1n) is 9.41. The lowest BCUT2D eigenvalue weighted by Crippen LogP contribution is -2.46. The van der Waals surface area contributed by atoms with Gasteiger partial charge in [-0.15, -0.1) is 0 Å². The summed E-state index contributed by atoms with van der Waals surface area (Å²) in [5, 5.41) is 13.5. The fourth-order valence-electron chi connectivity index (χ4n) is 4.34. The van der Waals surface area contributed by atoms with Crippen molar-refractivity contribution in [1.29, 1.82) is 0 Å². The Morgan fingerprint density at radius 2 is 2.11 bits per heavy atom. The summed E-state index contributed by atoms with van der Waals surface area (Å²) in [7, 11) is 0. The van der Waals surface area contributed by atoms with Crippen LogP contribution in [0.15, 0.2) is 28.9 Å². The fraction of sp³-hybridized carbons (Fsp3) is 0.526. The summed E-state index contributed by atoms with van der Waals surface area (Å²) in [6.45, 7) is 0. The molecule has 2 fully saturated rings. The van der Waals surface area contributed by atoms with Gasteiger partial charge in [0, 0.05) is 25.1 Å². The Morgan fingerprint density at radius 1 is 1.26 bits per heavy atom. The van der Waals surface area contributed by atoms with Crippen LogP contribution in [0.4, 0.5) is 0 Å². The van der Waals surface area contributed by atoms with Crippen molar-refractivity contribution in [2.24, 2.45) is 5.92 Å². The lowest BCUT2D eigenvalue weighted by molar-refractivity contribution is -0.149. The number of carbonyl (C=O) groups is 2. The molecule has 3 atom stereocenters. The minimum atomic E-state index is -0.909. The molecule has 2 aromatic rings. The number of aromatic nitrogens is 3. The van der Waals surface area contributed by atoms with Gasteiger partial charge in [0.1, 0.15) is 11.7 Å². The van der Waals surface area contributed by atoms with Gasteiger partial charge in [-0.05, 0) is 37.3 Å². The normalized spacial score (nSPS) is 24.6. The van der Waals surface area contributed by atoms with E-state index in [1.807, 2.05) is 6.07 Å². The molecule has 142 valence electrons. The number of likely N-dealkylation sites (tertiary alicyclic amines) is 1. The third-order valence-corrected chi connectivity index (χ3v) is 5.58. The lowest BCUT2D eigenvalue weighted by atomic mass is 9.84. The molecule has 1 N–H and O–H groups in total. The summed E-state index contributed by atoms with van der Waals surface area (Å²) < 4.78 is 5.22. The van der Waals surface area contributed by atoms with Gasteiger partial charge in [-0.3, -0.25) is 9.78 Å². The quantitative estimate of drug-likeness (QED) is 0.860. The lowest BCUT2D eigenvalue weighted by Gasteiger charge is -2.33. The van der Waals surface area contributed by atoms with Crippen LogP contribution in [0.25, 0.3) is 11.5 Å². The Hall–Kier alpha value is -2.77. The Kier molecular flexibility index (Phi) is 4.87. The molecule has 27 heavy (non-hydrogen) atoms. The van der Waals surface area contributed by atoms with Gasteiger partial charge in [0.2, 0.25) is 17.6 Å². The van der Waals surface area contributed by atoms with Crippen molar-refractivity contribution in [3.8, 4) is 11.5 Å². The zero-order valence-corrected chi connectivity index (χ0v) is 15.0. The van der Waals surface area contributed by atoms with Gasteiger partial charge in [0.05, 0.1) is 0 Å². The largest absolute Gasteiger partial charge is 0.480 e. The smallest absolute Gasteiger partial charge is 0.326 e. The second-order valence-corrected chi connectivity index (χ2v) is 7.23. The standard InChI is InChI=1S/C19H22N4O4/c24-17(23-14-7-2-1-5-12(14)11-15(23)19(25)26)9-8-16-21-18(22-27-16)13-6-3-4-10-20-13/h3-4,6,10,12,14-15H,1-2,5,7-9,11H2,(H,25,26)/t12-,14+,15-/m0/s1. The number of rotatable bonds is 5. The van der Waals surface area contributed by atoms with E-state index in [0.29, 0.717) is 36.2 Å². The van der Waals surface area contributed by atoms with Crippen LogP contribution in [0.2, 0.25) is 0 Å². The van der Waals surface area contributed by atoms with E-state index >= 15 is 0 Å². The first kappa shape index (κ1) is 17.6. The third kappa shape index (κ3) is 3.56. The molecule has 0 radical (unpaired) electrons. The molecule has 0 bridgehead atoms. The highest BCUT2D eigenvalue weighted by Crippen LogP contribution is 2.40. The highest BCUT2D eigenvalue weighted by atomic mass is 16.5. The molecule has 1 aliphatic carbocycles. The summed E-state index contributed by atoms with van der Waals surface area (Å²) in [5.74, 6) is -0.00410. The van der Waals surface area contributed by atoms with Gasteiger partial charge >= 0.3 is 5.97 Å². The zero-order chi connectivity index (χ0) is 18.8. The average Bonchev–Trinajstić information content (AvgIpc) is 3.32. The van der Waals surface area contributed by atoms with Crippen LogP contribution >= 0.6 is 0 Å². The van der Waals surface area contributed by atoms with Gasteiger partial charge in [-0.25, -0.2) is 4.79 Å². The number of carbonyl (C=O) groups excluding carboxylic acids is 1. The maximum Gasteiger partial charge on any atom is 0.326 e. The van der Waals surface area contributed by atoms with Crippen molar-refractivity contribution in [1.82, 2.24) is 20.0 Å². The summed E-state index contributed by atoms with van der Waals surface area (Å²) in [6.07, 6.45) is 6.74. The third-order valence-electron chi connectivity index (χ3n) is 5.58. The van der Waals surface area contributed by atoms with Gasteiger partial charge in [0.25, 0.3) is 0 Å². The van der Waals surface area contributed by atoms with Crippen LogP contribution in [-0.4, -0.2) is 49.1 Å². The van der Waals surface area contributed by atoms with Crippen molar-refractivity contribution >= 4 is 11.9 Å². The van der Waals surface area contributed by atoms with Crippen LogP contribution < -0.4 is 0 Å². The molecule has 4 rings (SSSR count). The van der Waals surface area contributed by atoms with E-state index < -0.39 is 12.0 Å². The number of aliphatic carboxylic acids is 1. The highest BCUT2D eigenvalue weighted by Gasteiger charge is 2.47. The summed E-state index contributed by atoms with van der Waals surface area (Å²) >= 11 is 0. The molecule has 1 aliphatic heterocycles. The monoisotopic (exact) mass is 370 g/mol. The summed E-state index contributed by atoms with van der Waals surface area (Å²) in [5.41, 5.74) is 0.606. The number of carboxylic acids is 1. The van der Waals surface area contributed by atoms with Crippen LogP contribution in [0.5, 0.6) is 0 Å². The average molecular weight is 370 g/mol. The van der Waals surface area contributed by atoms with Crippen LogP contribution in [-0.2, 0) is 16.0 Å². The van der Waals surface area contributed by atoms with Crippen molar-refractivity contribution in [2.75, 3.05) is 0 Å². The Bertz CT molecular complexity index is 822. The molecule has 1 amide bonds. The van der Waals surface area contributed by atoms with E-state index in [2.05, 4.69) is 15.1 Å². The van der Waals surface area contributed by atoms with Crippen molar-refractivity contribution in [3.05, 3.63) is 30.3 Å². The number of fused-ring (bicyclic) bond motifs is 1.